The highest BCUT2D eigenvalue weighted by Gasteiger charge is 2.24. The lowest BCUT2D eigenvalue weighted by atomic mass is 10.0. The maximum Gasteiger partial charge on any atom is 0.0989 e. The highest BCUT2D eigenvalue weighted by Crippen LogP contribution is 2.29. The first-order chi connectivity index (χ1) is 5.74. The standard InChI is InChI=1S/C9H16O.C2H6/c1-4-5-9-6-7(2)8(3)10-9;1-2/h7,9H,3-6H2,1-2H3;1-2H3. The van der Waals surface area contributed by atoms with Crippen LogP contribution in [0.15, 0.2) is 12.3 Å². The summed E-state index contributed by atoms with van der Waals surface area (Å²) in [5.41, 5.74) is 0. The number of hydrogen-bond donors (Lipinski definition) is 0. The molecule has 0 aromatic rings. The van der Waals surface area contributed by atoms with Crippen LogP contribution in [-0.4, -0.2) is 6.10 Å². The minimum absolute atomic E-state index is 0.465. The quantitative estimate of drug-likeness (QED) is 0.613. The molecule has 0 aromatic carbocycles. The lowest BCUT2D eigenvalue weighted by Crippen LogP contribution is -2.02. The van der Waals surface area contributed by atoms with Crippen LogP contribution in [0.3, 0.4) is 0 Å². The summed E-state index contributed by atoms with van der Waals surface area (Å²) in [6.45, 7) is 12.2. The Bertz CT molecular complexity index is 129. The van der Waals surface area contributed by atoms with Gasteiger partial charge in [-0.25, -0.2) is 0 Å². The van der Waals surface area contributed by atoms with Crippen molar-refractivity contribution in [1.29, 1.82) is 0 Å². The monoisotopic (exact) mass is 170 g/mol. The van der Waals surface area contributed by atoms with Gasteiger partial charge in [-0.2, -0.15) is 0 Å². The number of rotatable bonds is 2. The zero-order valence-electron chi connectivity index (χ0n) is 8.89. The molecule has 1 saturated heterocycles. The minimum Gasteiger partial charge on any atom is -0.495 e. The molecule has 1 heteroatoms. The Morgan fingerprint density at radius 3 is 2.42 bits per heavy atom. The fourth-order valence-electron chi connectivity index (χ4n) is 1.40. The third-order valence-corrected chi connectivity index (χ3v) is 2.09. The summed E-state index contributed by atoms with van der Waals surface area (Å²) < 4.78 is 5.52. The molecule has 0 aromatic heterocycles. The van der Waals surface area contributed by atoms with E-state index in [1.807, 2.05) is 13.8 Å². The van der Waals surface area contributed by atoms with E-state index in [4.69, 9.17) is 4.74 Å². The lowest BCUT2D eigenvalue weighted by Gasteiger charge is -2.06. The van der Waals surface area contributed by atoms with Gasteiger partial charge in [0.25, 0.3) is 0 Å². The van der Waals surface area contributed by atoms with Crippen LogP contribution >= 0.6 is 0 Å². The Kier molecular flexibility index (Phi) is 5.87. The summed E-state index contributed by atoms with van der Waals surface area (Å²) in [6, 6.07) is 0. The van der Waals surface area contributed by atoms with Crippen molar-refractivity contribution in [3.63, 3.8) is 0 Å². The van der Waals surface area contributed by atoms with E-state index < -0.39 is 0 Å². The van der Waals surface area contributed by atoms with Crippen LogP contribution in [0.2, 0.25) is 0 Å². The second-order valence-corrected chi connectivity index (χ2v) is 3.13. The van der Waals surface area contributed by atoms with Gasteiger partial charge in [0.05, 0.1) is 11.9 Å². The molecule has 1 heterocycles. The summed E-state index contributed by atoms with van der Waals surface area (Å²) in [6.07, 6.45) is 4.04. The normalized spacial score (nSPS) is 27.5. The molecule has 0 aliphatic carbocycles. The van der Waals surface area contributed by atoms with Crippen molar-refractivity contribution in [2.75, 3.05) is 0 Å². The molecule has 72 valence electrons. The van der Waals surface area contributed by atoms with E-state index in [9.17, 15) is 0 Å². The summed E-state index contributed by atoms with van der Waals surface area (Å²) >= 11 is 0. The first-order valence-electron chi connectivity index (χ1n) is 5.09. The Morgan fingerprint density at radius 2 is 2.08 bits per heavy atom. The molecule has 1 aliphatic rings. The van der Waals surface area contributed by atoms with Gasteiger partial charge < -0.3 is 4.74 Å². The van der Waals surface area contributed by atoms with Crippen LogP contribution in [-0.2, 0) is 4.74 Å². The summed E-state index contributed by atoms with van der Waals surface area (Å²) in [5.74, 6) is 1.56. The van der Waals surface area contributed by atoms with Gasteiger partial charge >= 0.3 is 0 Å². The van der Waals surface area contributed by atoms with Crippen LogP contribution in [0.25, 0.3) is 0 Å². The molecule has 0 spiro atoms. The molecule has 0 saturated carbocycles. The molecule has 1 aliphatic heterocycles. The second-order valence-electron chi connectivity index (χ2n) is 3.13. The van der Waals surface area contributed by atoms with Crippen LogP contribution in [0.5, 0.6) is 0 Å². The fraction of sp³-hybridized carbons (Fsp3) is 0.818. The van der Waals surface area contributed by atoms with Crippen LogP contribution in [0.4, 0.5) is 0 Å². The zero-order valence-corrected chi connectivity index (χ0v) is 8.89. The van der Waals surface area contributed by atoms with E-state index in [2.05, 4.69) is 20.4 Å². The van der Waals surface area contributed by atoms with Gasteiger partial charge in [-0.05, 0) is 12.8 Å². The molecule has 0 bridgehead atoms. The second kappa shape index (κ2) is 6.10. The van der Waals surface area contributed by atoms with E-state index in [1.165, 1.54) is 19.3 Å². The smallest absolute Gasteiger partial charge is 0.0989 e. The van der Waals surface area contributed by atoms with Gasteiger partial charge in [0.1, 0.15) is 0 Å². The fourth-order valence-corrected chi connectivity index (χ4v) is 1.40. The molecule has 2 unspecified atom stereocenters. The van der Waals surface area contributed by atoms with E-state index in [1.54, 1.807) is 0 Å². The Labute approximate surface area is 76.8 Å². The number of ether oxygens (including phenoxy) is 1. The van der Waals surface area contributed by atoms with E-state index >= 15 is 0 Å². The minimum atomic E-state index is 0.465. The molecule has 0 radical (unpaired) electrons. The van der Waals surface area contributed by atoms with Crippen molar-refractivity contribution in [2.24, 2.45) is 5.92 Å². The summed E-state index contributed by atoms with van der Waals surface area (Å²) in [4.78, 5) is 0. The van der Waals surface area contributed by atoms with E-state index in [0.29, 0.717) is 12.0 Å². The van der Waals surface area contributed by atoms with Crippen LogP contribution in [0, 0.1) is 5.92 Å². The third-order valence-electron chi connectivity index (χ3n) is 2.09. The largest absolute Gasteiger partial charge is 0.495 e. The first kappa shape index (κ1) is 11.5. The van der Waals surface area contributed by atoms with Crippen LogP contribution < -0.4 is 0 Å². The van der Waals surface area contributed by atoms with Crippen LogP contribution in [0.1, 0.15) is 47.0 Å². The van der Waals surface area contributed by atoms with Gasteiger partial charge in [-0.3, -0.25) is 0 Å². The zero-order chi connectivity index (χ0) is 9.56. The highest BCUT2D eigenvalue weighted by atomic mass is 16.5. The molecule has 2 atom stereocenters. The van der Waals surface area contributed by atoms with Crippen molar-refractivity contribution in [3.8, 4) is 0 Å². The van der Waals surface area contributed by atoms with Gasteiger partial charge in [-0.1, -0.05) is 40.7 Å². The third kappa shape index (κ3) is 3.29. The molecule has 1 nitrogen and oxygen atoms in total. The number of hydrogen-bond acceptors (Lipinski definition) is 1. The van der Waals surface area contributed by atoms with Crippen molar-refractivity contribution >= 4 is 0 Å². The average Bonchev–Trinajstić information content (AvgIpc) is 2.36. The molecule has 0 N–H and O–H groups in total. The first-order valence-corrected chi connectivity index (χ1v) is 5.09. The van der Waals surface area contributed by atoms with E-state index in [0.717, 1.165) is 5.76 Å². The Morgan fingerprint density at radius 1 is 1.50 bits per heavy atom. The average molecular weight is 170 g/mol. The van der Waals surface area contributed by atoms with Gasteiger partial charge in [0.2, 0.25) is 0 Å². The van der Waals surface area contributed by atoms with Crippen molar-refractivity contribution in [3.05, 3.63) is 12.3 Å². The maximum absolute atomic E-state index is 5.52. The Balaban J connectivity index is 0.000000561. The molecular weight excluding hydrogens is 148 g/mol. The lowest BCUT2D eigenvalue weighted by molar-refractivity contribution is 0.151. The molecule has 12 heavy (non-hydrogen) atoms. The molecule has 0 amide bonds. The van der Waals surface area contributed by atoms with Gasteiger partial charge in [0.15, 0.2) is 0 Å². The SMILES string of the molecule is C=C1OC(CCC)CC1C.CC. The van der Waals surface area contributed by atoms with Crippen molar-refractivity contribution in [2.45, 2.75) is 53.1 Å². The number of allylic oxidation sites excluding steroid dienone is 1. The maximum atomic E-state index is 5.52. The predicted octanol–water partition coefficient (Wildman–Crippen LogP) is 3.75. The molecule has 1 fully saturated rings. The molecular formula is C11H22O. The topological polar surface area (TPSA) is 9.23 Å². The van der Waals surface area contributed by atoms with Crippen molar-refractivity contribution < 1.29 is 4.74 Å². The Hall–Kier alpha value is -0.460. The van der Waals surface area contributed by atoms with E-state index in [-0.39, 0.29) is 0 Å². The summed E-state index contributed by atoms with van der Waals surface area (Å²) in [5, 5.41) is 0. The summed E-state index contributed by atoms with van der Waals surface area (Å²) in [7, 11) is 0. The van der Waals surface area contributed by atoms with Crippen molar-refractivity contribution in [1.82, 2.24) is 0 Å². The highest BCUT2D eigenvalue weighted by molar-refractivity contribution is 4.96. The van der Waals surface area contributed by atoms with Gasteiger partial charge in [-0.15, -0.1) is 0 Å². The molecule has 1 rings (SSSR count). The predicted molar refractivity (Wildman–Crippen MR) is 54.1 cm³/mol. The van der Waals surface area contributed by atoms with Gasteiger partial charge in [0, 0.05) is 5.92 Å².